The highest BCUT2D eigenvalue weighted by atomic mass is 127. The summed E-state index contributed by atoms with van der Waals surface area (Å²) in [4.78, 5) is 7.36. The third kappa shape index (κ3) is 7.90. The maximum Gasteiger partial charge on any atom is 0.191 e. The molecule has 1 aromatic heterocycles. The number of nitrogens with zero attached hydrogens (tertiary/aromatic N) is 5. The van der Waals surface area contributed by atoms with Gasteiger partial charge in [-0.05, 0) is 32.9 Å². The minimum Gasteiger partial charge on any atom is -0.383 e. The van der Waals surface area contributed by atoms with Crippen LogP contribution in [0.2, 0.25) is 0 Å². The van der Waals surface area contributed by atoms with Gasteiger partial charge < -0.3 is 19.9 Å². The van der Waals surface area contributed by atoms with Crippen LogP contribution < -0.4 is 10.6 Å². The Morgan fingerprint density at radius 1 is 1.44 bits per heavy atom. The number of aromatic nitrogens is 3. The molecule has 0 spiro atoms. The van der Waals surface area contributed by atoms with E-state index < -0.39 is 0 Å². The lowest BCUT2D eigenvalue weighted by molar-refractivity contribution is 0.179. The molecule has 1 saturated heterocycles. The van der Waals surface area contributed by atoms with Crippen molar-refractivity contribution in [3.8, 4) is 0 Å². The lowest BCUT2D eigenvalue weighted by Crippen LogP contribution is -2.45. The molecule has 1 aliphatic rings. The second kappa shape index (κ2) is 13.3. The predicted octanol–water partition coefficient (Wildman–Crippen LogP) is 1.51. The molecule has 156 valence electrons. The first-order valence-corrected chi connectivity index (χ1v) is 9.82. The third-order valence-electron chi connectivity index (χ3n) is 4.82. The Kier molecular flexibility index (Phi) is 11.8. The van der Waals surface area contributed by atoms with Crippen LogP contribution in [0.5, 0.6) is 0 Å². The number of halogens is 1. The van der Waals surface area contributed by atoms with E-state index in [1.807, 2.05) is 0 Å². The molecule has 2 rings (SSSR count). The molecule has 0 amide bonds. The minimum absolute atomic E-state index is 0. The molecule has 2 heterocycles. The summed E-state index contributed by atoms with van der Waals surface area (Å²) in [7, 11) is 1.72. The van der Waals surface area contributed by atoms with Crippen molar-refractivity contribution in [2.45, 2.75) is 58.7 Å². The number of hydrogen-bond donors (Lipinski definition) is 2. The Morgan fingerprint density at radius 3 is 2.96 bits per heavy atom. The van der Waals surface area contributed by atoms with Gasteiger partial charge >= 0.3 is 0 Å². The molecule has 0 saturated carbocycles. The summed E-state index contributed by atoms with van der Waals surface area (Å²) < 4.78 is 7.32. The number of likely N-dealkylation sites (N-methyl/N-ethyl adjacent to an activating group) is 1. The van der Waals surface area contributed by atoms with Gasteiger partial charge in [-0.15, -0.1) is 34.2 Å². The van der Waals surface area contributed by atoms with Crippen molar-refractivity contribution < 1.29 is 4.74 Å². The second-order valence-electron chi connectivity index (χ2n) is 6.84. The highest BCUT2D eigenvalue weighted by Crippen LogP contribution is 2.16. The van der Waals surface area contributed by atoms with Gasteiger partial charge in [0.2, 0.25) is 0 Å². The molecule has 1 aromatic rings. The number of rotatable bonds is 10. The molecule has 2 unspecified atom stereocenters. The van der Waals surface area contributed by atoms with E-state index in [9.17, 15) is 0 Å². The normalized spacial score (nSPS) is 19.0. The molecule has 2 atom stereocenters. The number of nitrogens with one attached hydrogen (secondary N) is 2. The maximum atomic E-state index is 5.24. The molecule has 8 nitrogen and oxygen atoms in total. The van der Waals surface area contributed by atoms with Crippen molar-refractivity contribution in [1.29, 1.82) is 0 Å². The summed E-state index contributed by atoms with van der Waals surface area (Å²) in [5.74, 6) is 1.86. The number of methoxy groups -OCH3 is 1. The van der Waals surface area contributed by atoms with Crippen molar-refractivity contribution in [1.82, 2.24) is 30.3 Å². The fraction of sp³-hybridized carbons (Fsp3) is 0.833. The number of guanidine groups is 1. The van der Waals surface area contributed by atoms with Gasteiger partial charge in [-0.25, -0.2) is 0 Å². The highest BCUT2D eigenvalue weighted by molar-refractivity contribution is 14.0. The summed E-state index contributed by atoms with van der Waals surface area (Å²) >= 11 is 0. The maximum absolute atomic E-state index is 5.24. The number of aliphatic imine (C=N–C) groups is 1. The van der Waals surface area contributed by atoms with Crippen LogP contribution in [0.4, 0.5) is 0 Å². The number of likely N-dealkylation sites (tertiary alicyclic amines) is 1. The van der Waals surface area contributed by atoms with Crippen molar-refractivity contribution in [2.24, 2.45) is 4.99 Å². The van der Waals surface area contributed by atoms with Gasteiger partial charge in [0, 0.05) is 38.7 Å². The fourth-order valence-corrected chi connectivity index (χ4v) is 3.43. The molecule has 9 heteroatoms. The van der Waals surface area contributed by atoms with E-state index in [2.05, 4.69) is 51.1 Å². The molecule has 1 fully saturated rings. The van der Waals surface area contributed by atoms with Crippen molar-refractivity contribution >= 4 is 29.9 Å². The summed E-state index contributed by atoms with van der Waals surface area (Å²) in [5.41, 5.74) is 0. The van der Waals surface area contributed by atoms with Crippen LogP contribution in [0.25, 0.3) is 0 Å². The van der Waals surface area contributed by atoms with Crippen LogP contribution in [0, 0.1) is 0 Å². The van der Waals surface area contributed by atoms with Gasteiger partial charge in [0.1, 0.15) is 12.2 Å². The highest BCUT2D eigenvalue weighted by Gasteiger charge is 2.22. The molecule has 0 radical (unpaired) electrons. The summed E-state index contributed by atoms with van der Waals surface area (Å²) in [6.45, 7) is 11.8. The number of ether oxygens (including phenoxy) is 1. The molecular weight excluding hydrogens is 457 g/mol. The average molecular weight is 493 g/mol. The van der Waals surface area contributed by atoms with E-state index in [0.717, 1.165) is 44.4 Å². The molecule has 1 aliphatic heterocycles. The van der Waals surface area contributed by atoms with Crippen molar-refractivity contribution in [3.63, 3.8) is 0 Å². The zero-order chi connectivity index (χ0) is 18.8. The summed E-state index contributed by atoms with van der Waals surface area (Å²) in [5, 5.41) is 15.0. The number of aryl methyl sites for hydroxylation is 1. The fourth-order valence-electron chi connectivity index (χ4n) is 3.43. The smallest absolute Gasteiger partial charge is 0.191 e. The molecule has 0 bridgehead atoms. The van der Waals surface area contributed by atoms with Gasteiger partial charge in [-0.3, -0.25) is 9.89 Å². The average Bonchev–Trinajstić information content (AvgIpc) is 3.28. The Bertz CT molecular complexity index is 552. The lowest BCUT2D eigenvalue weighted by Gasteiger charge is -2.22. The number of hydrogen-bond acceptors (Lipinski definition) is 5. The van der Waals surface area contributed by atoms with E-state index in [1.54, 1.807) is 13.4 Å². The van der Waals surface area contributed by atoms with Crippen LogP contribution in [-0.2, 0) is 17.7 Å². The van der Waals surface area contributed by atoms with Gasteiger partial charge in [0.15, 0.2) is 5.96 Å². The molecule has 0 aliphatic carbocycles. The van der Waals surface area contributed by atoms with Crippen LogP contribution in [0.15, 0.2) is 11.3 Å². The molecular formula is C18H36IN7O. The van der Waals surface area contributed by atoms with Crippen molar-refractivity contribution in [2.75, 3.05) is 39.9 Å². The van der Waals surface area contributed by atoms with Gasteiger partial charge in [0.05, 0.1) is 13.2 Å². The molecule has 0 aromatic carbocycles. The monoisotopic (exact) mass is 493 g/mol. The van der Waals surface area contributed by atoms with E-state index in [-0.39, 0.29) is 30.0 Å². The van der Waals surface area contributed by atoms with Crippen LogP contribution in [0.3, 0.4) is 0 Å². The summed E-state index contributed by atoms with van der Waals surface area (Å²) in [6, 6.07) is 0.763. The third-order valence-corrected chi connectivity index (χ3v) is 4.82. The SMILES string of the molecule is CCc1nncn1CCNC(=NCC1CCCN1CC)NC(C)COC.I. The zero-order valence-electron chi connectivity index (χ0n) is 17.1. The largest absolute Gasteiger partial charge is 0.383 e. The quantitative estimate of drug-likeness (QED) is 0.292. The molecule has 2 N–H and O–H groups in total. The standard InChI is InChI=1S/C18H35N7O.HI/c1-5-17-23-21-14-25(17)11-9-19-18(22-15(3)13-26-4)20-12-16-8-7-10-24(16)6-2;/h14-16H,5-13H2,1-4H3,(H2,19,20,22);1H. The second-order valence-corrected chi connectivity index (χ2v) is 6.84. The van der Waals surface area contributed by atoms with Crippen LogP contribution in [0.1, 0.15) is 39.4 Å². The van der Waals surface area contributed by atoms with E-state index in [1.165, 1.54) is 19.4 Å². The van der Waals surface area contributed by atoms with E-state index >= 15 is 0 Å². The zero-order valence-corrected chi connectivity index (χ0v) is 19.5. The first-order valence-electron chi connectivity index (χ1n) is 9.82. The Balaban J connectivity index is 0.00000364. The van der Waals surface area contributed by atoms with E-state index in [4.69, 9.17) is 9.73 Å². The first kappa shape index (κ1) is 24.1. The Labute approximate surface area is 180 Å². The first-order chi connectivity index (χ1) is 12.7. The Hall–Kier alpha value is -0.940. The van der Waals surface area contributed by atoms with E-state index in [0.29, 0.717) is 12.6 Å². The molecule has 27 heavy (non-hydrogen) atoms. The predicted molar refractivity (Wildman–Crippen MR) is 120 cm³/mol. The minimum atomic E-state index is 0. The Morgan fingerprint density at radius 2 is 2.26 bits per heavy atom. The van der Waals surface area contributed by atoms with Gasteiger partial charge in [-0.2, -0.15) is 0 Å². The van der Waals surface area contributed by atoms with Crippen molar-refractivity contribution in [3.05, 3.63) is 12.2 Å². The van der Waals surface area contributed by atoms with Crippen LogP contribution >= 0.6 is 24.0 Å². The van der Waals surface area contributed by atoms with Crippen LogP contribution in [-0.4, -0.2) is 77.6 Å². The lowest BCUT2D eigenvalue weighted by atomic mass is 10.2. The topological polar surface area (TPSA) is 79.6 Å². The van der Waals surface area contributed by atoms with Gasteiger partial charge in [-0.1, -0.05) is 13.8 Å². The summed E-state index contributed by atoms with van der Waals surface area (Å²) in [6.07, 6.45) is 5.19. The van der Waals surface area contributed by atoms with Gasteiger partial charge in [0.25, 0.3) is 0 Å².